The summed E-state index contributed by atoms with van der Waals surface area (Å²) in [6.45, 7) is 14.6. The highest BCUT2D eigenvalue weighted by Gasteiger charge is 2.50. The van der Waals surface area contributed by atoms with Crippen LogP contribution in [0.4, 0.5) is 0 Å². The fraction of sp³-hybridized carbons (Fsp3) is 0.444. The molecule has 0 saturated heterocycles. The summed E-state index contributed by atoms with van der Waals surface area (Å²) in [6.07, 6.45) is 5.07. The van der Waals surface area contributed by atoms with Crippen molar-refractivity contribution in [3.8, 4) is 0 Å². The van der Waals surface area contributed by atoms with Gasteiger partial charge in [0.15, 0.2) is 0 Å². The van der Waals surface area contributed by atoms with E-state index < -0.39 is 13.9 Å². The van der Waals surface area contributed by atoms with Crippen molar-refractivity contribution in [1.29, 1.82) is 0 Å². The molecule has 0 bridgehead atoms. The zero-order chi connectivity index (χ0) is 23.1. The number of benzene rings is 2. The normalized spacial score (nSPS) is 13.9. The molecule has 0 aliphatic carbocycles. The largest absolute Gasteiger partial charge is 0.457 e. The van der Waals surface area contributed by atoms with Crippen LogP contribution in [0, 0.1) is 0 Å². The topological polar surface area (TPSA) is 35.5 Å². The number of carbonyl (C=O) groups is 1. The monoisotopic (exact) mass is 438 g/mol. The van der Waals surface area contributed by atoms with Gasteiger partial charge >= 0.3 is 5.97 Å². The van der Waals surface area contributed by atoms with Gasteiger partial charge in [-0.05, 0) is 55.9 Å². The lowest BCUT2D eigenvalue weighted by molar-refractivity contribution is -0.148. The van der Waals surface area contributed by atoms with Crippen LogP contribution < -0.4 is 10.4 Å². The molecule has 0 amide bonds. The Kier molecular flexibility index (Phi) is 8.44. The van der Waals surface area contributed by atoms with Gasteiger partial charge in [-0.15, -0.1) is 0 Å². The van der Waals surface area contributed by atoms with Crippen LogP contribution in [-0.2, 0) is 14.0 Å². The Morgan fingerprint density at radius 2 is 1.39 bits per heavy atom. The second-order valence-electron chi connectivity index (χ2n) is 10.1. The minimum absolute atomic E-state index is 0.0453. The minimum Gasteiger partial charge on any atom is -0.457 e. The van der Waals surface area contributed by atoms with E-state index in [1.54, 1.807) is 0 Å². The molecule has 3 nitrogen and oxygen atoms in total. The molecule has 0 heterocycles. The van der Waals surface area contributed by atoms with Gasteiger partial charge in [-0.3, -0.25) is 0 Å². The van der Waals surface area contributed by atoms with Gasteiger partial charge in [0.2, 0.25) is 0 Å². The molecule has 1 atom stereocenters. The van der Waals surface area contributed by atoms with Gasteiger partial charge in [0.25, 0.3) is 8.32 Å². The molecule has 2 rings (SSSR count). The zero-order valence-electron chi connectivity index (χ0n) is 20.1. The van der Waals surface area contributed by atoms with E-state index in [0.717, 1.165) is 12.8 Å². The van der Waals surface area contributed by atoms with E-state index in [1.165, 1.54) is 16.4 Å². The number of allylic oxidation sites excluding steroid dienone is 1. The summed E-state index contributed by atoms with van der Waals surface area (Å²) < 4.78 is 12.4. The molecule has 0 spiro atoms. The van der Waals surface area contributed by atoms with Crippen molar-refractivity contribution < 1.29 is 14.0 Å². The van der Waals surface area contributed by atoms with Crippen molar-refractivity contribution in [2.75, 3.05) is 0 Å². The van der Waals surface area contributed by atoms with E-state index >= 15 is 0 Å². The maximum absolute atomic E-state index is 11.9. The van der Waals surface area contributed by atoms with Crippen molar-refractivity contribution in [3.63, 3.8) is 0 Å². The van der Waals surface area contributed by atoms with E-state index in [4.69, 9.17) is 9.16 Å². The van der Waals surface area contributed by atoms with Crippen LogP contribution in [0.15, 0.2) is 72.8 Å². The predicted octanol–water partition coefficient (Wildman–Crippen LogP) is 5.63. The third-order valence-electron chi connectivity index (χ3n) is 5.20. The van der Waals surface area contributed by atoms with Gasteiger partial charge in [0, 0.05) is 12.2 Å². The van der Waals surface area contributed by atoms with Gasteiger partial charge in [-0.1, -0.05) is 87.5 Å². The average Bonchev–Trinajstić information content (AvgIpc) is 2.68. The highest BCUT2D eigenvalue weighted by Crippen LogP contribution is 2.37. The Hall–Kier alpha value is -2.17. The maximum atomic E-state index is 11.9. The lowest BCUT2D eigenvalue weighted by atomic mass is 10.2. The quantitative estimate of drug-likeness (QED) is 0.304. The van der Waals surface area contributed by atoms with Gasteiger partial charge in [-0.2, -0.15) is 0 Å². The minimum atomic E-state index is -2.54. The first-order valence-corrected chi connectivity index (χ1v) is 13.0. The molecule has 2 aromatic rings. The van der Waals surface area contributed by atoms with E-state index in [1.807, 2.05) is 26.8 Å². The summed E-state index contributed by atoms with van der Waals surface area (Å²) in [5.74, 6) is -0.298. The highest BCUT2D eigenvalue weighted by molar-refractivity contribution is 6.99. The molecular weight excluding hydrogens is 400 g/mol. The number of ether oxygens (including phenoxy) is 1. The van der Waals surface area contributed by atoms with Gasteiger partial charge in [-0.25, -0.2) is 4.79 Å². The van der Waals surface area contributed by atoms with Crippen molar-refractivity contribution in [3.05, 3.63) is 72.8 Å². The second-order valence-corrected chi connectivity index (χ2v) is 14.4. The molecular formula is C27H38O3Si. The predicted molar refractivity (Wildman–Crippen MR) is 132 cm³/mol. The molecule has 0 aliphatic heterocycles. The Morgan fingerprint density at radius 3 is 1.81 bits per heavy atom. The molecule has 0 saturated carbocycles. The molecule has 168 valence electrons. The number of carbonyl (C=O) groups excluding carboxylic acids is 1. The first-order valence-electron chi connectivity index (χ1n) is 11.1. The van der Waals surface area contributed by atoms with E-state index in [-0.39, 0.29) is 17.1 Å². The van der Waals surface area contributed by atoms with Crippen LogP contribution in [0.1, 0.15) is 61.3 Å². The third-order valence-corrected chi connectivity index (χ3v) is 10.4. The summed E-state index contributed by atoms with van der Waals surface area (Å²) in [6, 6.07) is 21.3. The summed E-state index contributed by atoms with van der Waals surface area (Å²) in [4.78, 5) is 11.9. The molecule has 0 radical (unpaired) electrons. The van der Waals surface area contributed by atoms with E-state index in [0.29, 0.717) is 0 Å². The van der Waals surface area contributed by atoms with Crippen molar-refractivity contribution >= 4 is 24.7 Å². The Balaban J connectivity index is 2.23. The van der Waals surface area contributed by atoms with Crippen LogP contribution in [0.5, 0.6) is 0 Å². The van der Waals surface area contributed by atoms with Crippen LogP contribution >= 0.6 is 0 Å². The van der Waals surface area contributed by atoms with Crippen LogP contribution in [-0.4, -0.2) is 26.0 Å². The second kappa shape index (κ2) is 10.4. The van der Waals surface area contributed by atoms with Crippen LogP contribution in [0.2, 0.25) is 5.04 Å². The SMILES string of the molecule is C[C@H](CCC=CC(=O)OC(C)(C)C)O[Si](c1ccccc1)(c1ccccc1)C(C)(C)C. The van der Waals surface area contributed by atoms with Gasteiger partial charge in [0.05, 0.1) is 0 Å². The number of hydrogen-bond acceptors (Lipinski definition) is 3. The van der Waals surface area contributed by atoms with Crippen molar-refractivity contribution in [2.45, 2.75) is 78.1 Å². The first-order chi connectivity index (χ1) is 14.5. The Labute approximate surface area is 189 Å². The molecule has 0 unspecified atom stereocenters. The lowest BCUT2D eigenvalue weighted by Crippen LogP contribution is -2.67. The average molecular weight is 439 g/mol. The molecule has 0 N–H and O–H groups in total. The summed E-state index contributed by atoms with van der Waals surface area (Å²) in [7, 11) is -2.54. The first kappa shape index (κ1) is 25.1. The van der Waals surface area contributed by atoms with Gasteiger partial charge in [0.1, 0.15) is 5.60 Å². The Morgan fingerprint density at radius 1 is 0.903 bits per heavy atom. The summed E-state index contributed by atoms with van der Waals surface area (Å²) in [5, 5.41) is 2.52. The van der Waals surface area contributed by atoms with Crippen LogP contribution in [0.25, 0.3) is 0 Å². The summed E-state index contributed by atoms with van der Waals surface area (Å²) in [5.41, 5.74) is -0.471. The molecule has 0 aliphatic rings. The maximum Gasteiger partial charge on any atom is 0.330 e. The lowest BCUT2D eigenvalue weighted by Gasteiger charge is -2.44. The molecule has 0 aromatic heterocycles. The molecule has 2 aromatic carbocycles. The van der Waals surface area contributed by atoms with Gasteiger partial charge < -0.3 is 9.16 Å². The van der Waals surface area contributed by atoms with Crippen molar-refractivity contribution in [2.24, 2.45) is 0 Å². The number of hydrogen-bond donors (Lipinski definition) is 0. The van der Waals surface area contributed by atoms with E-state index in [2.05, 4.69) is 88.4 Å². The standard InChI is InChI=1S/C27H38O3Si/c1-22(16-14-15-21-25(28)29-26(2,3)4)30-31(27(5,6)7,23-17-10-8-11-18-23)24-19-12-9-13-20-24/h8-13,15,17-22H,14,16H2,1-7H3/t22-/m1/s1. The fourth-order valence-electron chi connectivity index (χ4n) is 3.90. The fourth-order valence-corrected chi connectivity index (χ4v) is 8.63. The third kappa shape index (κ3) is 6.91. The number of rotatable bonds is 8. The van der Waals surface area contributed by atoms with Crippen molar-refractivity contribution in [1.82, 2.24) is 0 Å². The molecule has 4 heteroatoms. The van der Waals surface area contributed by atoms with Crippen LogP contribution in [0.3, 0.4) is 0 Å². The molecule has 31 heavy (non-hydrogen) atoms. The molecule has 0 fully saturated rings. The van der Waals surface area contributed by atoms with E-state index in [9.17, 15) is 4.79 Å². The zero-order valence-corrected chi connectivity index (χ0v) is 21.1. The smallest absolute Gasteiger partial charge is 0.330 e. The Bertz CT molecular complexity index is 806. The highest BCUT2D eigenvalue weighted by atomic mass is 28.4. The number of esters is 1. The summed E-state index contributed by atoms with van der Waals surface area (Å²) >= 11 is 0.